The summed E-state index contributed by atoms with van der Waals surface area (Å²) < 4.78 is 70.3. The number of amides is 1. The Morgan fingerprint density at radius 3 is 2.10 bits per heavy atom. The van der Waals surface area contributed by atoms with Gasteiger partial charge in [0, 0.05) is 50.6 Å². The van der Waals surface area contributed by atoms with E-state index >= 15 is 0 Å². The minimum absolute atomic E-state index is 0.0166. The number of hydrogen-bond donors (Lipinski definition) is 2. The summed E-state index contributed by atoms with van der Waals surface area (Å²) in [7, 11) is -6.48. The maximum atomic E-state index is 14.1. The summed E-state index contributed by atoms with van der Waals surface area (Å²) in [6, 6.07) is 16.3. The molecule has 3 aromatic rings. The lowest BCUT2D eigenvalue weighted by molar-refractivity contribution is 0.102. The number of piperidine rings is 2. The van der Waals surface area contributed by atoms with Crippen LogP contribution in [0.1, 0.15) is 48.9 Å². The van der Waals surface area contributed by atoms with Gasteiger partial charge in [0.15, 0.2) is 0 Å². The van der Waals surface area contributed by atoms with Crippen molar-refractivity contribution in [2.75, 3.05) is 79.4 Å². The monoisotopic (exact) mass is 697 g/mol. The topological polar surface area (TPSA) is 138 Å². The second-order valence-corrected chi connectivity index (χ2v) is 15.8. The third-order valence-electron chi connectivity index (χ3n) is 9.07. The largest absolute Gasteiger partial charge is 0.495 e. The smallest absolute Gasteiger partial charge is 0.264 e. The number of rotatable bonds is 10. The van der Waals surface area contributed by atoms with Gasteiger partial charge in [0.25, 0.3) is 15.9 Å². The normalized spacial score (nSPS) is 17.9. The molecule has 0 bridgehead atoms. The van der Waals surface area contributed by atoms with Crippen molar-refractivity contribution in [3.63, 3.8) is 0 Å². The van der Waals surface area contributed by atoms with Gasteiger partial charge in [-0.3, -0.25) is 9.52 Å². The molecule has 0 unspecified atom stereocenters. The maximum absolute atomic E-state index is 14.1. The Morgan fingerprint density at radius 2 is 1.40 bits per heavy atom. The van der Waals surface area contributed by atoms with E-state index < -0.39 is 26.0 Å². The van der Waals surface area contributed by atoms with Crippen molar-refractivity contribution in [1.82, 2.24) is 4.31 Å². The van der Waals surface area contributed by atoms with Crippen LogP contribution >= 0.6 is 0 Å². The van der Waals surface area contributed by atoms with Crippen molar-refractivity contribution >= 4 is 48.7 Å². The number of anilines is 4. The number of benzene rings is 3. The van der Waals surface area contributed by atoms with E-state index in [1.165, 1.54) is 23.5 Å². The molecule has 0 spiro atoms. The molecule has 0 radical (unpaired) electrons. The third-order valence-corrected chi connectivity index (χ3v) is 12.4. The predicted octanol–water partition coefficient (Wildman–Crippen LogP) is 4.75. The summed E-state index contributed by atoms with van der Waals surface area (Å²) in [6.45, 7) is 4.35. The van der Waals surface area contributed by atoms with Crippen LogP contribution in [0.2, 0.25) is 0 Å². The number of para-hydroxylation sites is 2. The van der Waals surface area contributed by atoms with Crippen LogP contribution in [0.25, 0.3) is 0 Å². The number of nitrogens with one attached hydrogen (secondary N) is 2. The van der Waals surface area contributed by atoms with E-state index in [-0.39, 0.29) is 21.0 Å². The lowest BCUT2D eigenvalue weighted by atomic mass is 10.1. The molecule has 6 rings (SSSR count). The van der Waals surface area contributed by atoms with E-state index in [1.807, 2.05) is 4.90 Å². The van der Waals surface area contributed by atoms with Crippen molar-refractivity contribution < 1.29 is 31.1 Å². The number of hydrogen-bond acceptors (Lipinski definition) is 9. The molecule has 2 N–H and O–H groups in total. The molecule has 3 heterocycles. The highest BCUT2D eigenvalue weighted by Gasteiger charge is 2.30. The molecule has 1 amide bonds. The number of ether oxygens (including phenoxy) is 2. The van der Waals surface area contributed by atoms with Crippen LogP contribution in [-0.2, 0) is 24.8 Å². The zero-order valence-corrected chi connectivity index (χ0v) is 28.8. The Morgan fingerprint density at radius 1 is 0.750 bits per heavy atom. The van der Waals surface area contributed by atoms with Gasteiger partial charge in [-0.1, -0.05) is 18.6 Å². The summed E-state index contributed by atoms with van der Waals surface area (Å²) in [5, 5.41) is 2.88. The van der Waals surface area contributed by atoms with Gasteiger partial charge < -0.3 is 24.6 Å². The van der Waals surface area contributed by atoms with Gasteiger partial charge >= 0.3 is 0 Å². The molecule has 14 heteroatoms. The van der Waals surface area contributed by atoms with Crippen molar-refractivity contribution in [3.8, 4) is 5.75 Å². The highest BCUT2D eigenvalue weighted by molar-refractivity contribution is 7.93. The Hall–Kier alpha value is -3.85. The first-order valence-corrected chi connectivity index (χ1v) is 19.4. The lowest BCUT2D eigenvalue weighted by Gasteiger charge is -2.31. The number of carbonyl (C=O) groups excluding carboxylic acids is 1. The molecule has 0 atom stereocenters. The number of methoxy groups -OCH3 is 1. The SMILES string of the molecule is COc1ccccc1NS(=O)(=O)c1cc(NC(=O)c2cc(S(=O)(=O)N3CCCCC3)ccc2N2CCOCC2)ccc1N1CCCCC1. The van der Waals surface area contributed by atoms with Gasteiger partial charge in [0.1, 0.15) is 10.6 Å². The van der Waals surface area contributed by atoms with E-state index in [9.17, 15) is 21.6 Å². The maximum Gasteiger partial charge on any atom is 0.264 e. The zero-order chi connectivity index (χ0) is 33.7. The van der Waals surface area contributed by atoms with Crippen LogP contribution in [0.15, 0.2) is 70.5 Å². The first kappa shape index (κ1) is 34.0. The molecule has 3 aromatic carbocycles. The van der Waals surface area contributed by atoms with Gasteiger partial charge in [-0.05, 0) is 80.6 Å². The molecule has 3 aliphatic rings. The fourth-order valence-corrected chi connectivity index (χ4v) is 9.39. The quantitative estimate of drug-likeness (QED) is 0.308. The Bertz CT molecular complexity index is 1830. The van der Waals surface area contributed by atoms with Crippen molar-refractivity contribution in [1.29, 1.82) is 0 Å². The second kappa shape index (κ2) is 14.7. The first-order valence-electron chi connectivity index (χ1n) is 16.5. The number of nitrogens with zero attached hydrogens (tertiary/aromatic N) is 3. The highest BCUT2D eigenvalue weighted by Crippen LogP contribution is 2.35. The first-order chi connectivity index (χ1) is 23.2. The molecule has 0 saturated carbocycles. The number of sulfonamides is 2. The van der Waals surface area contributed by atoms with Crippen LogP contribution in [0, 0.1) is 0 Å². The van der Waals surface area contributed by atoms with Crippen molar-refractivity contribution in [3.05, 3.63) is 66.2 Å². The van der Waals surface area contributed by atoms with Gasteiger partial charge in [-0.25, -0.2) is 16.8 Å². The second-order valence-electron chi connectivity index (χ2n) is 12.2. The van der Waals surface area contributed by atoms with E-state index in [2.05, 4.69) is 14.9 Å². The summed E-state index contributed by atoms with van der Waals surface area (Å²) in [5.74, 6) is -0.168. The van der Waals surface area contributed by atoms with Crippen molar-refractivity contribution in [2.24, 2.45) is 0 Å². The van der Waals surface area contributed by atoms with Gasteiger partial charge in [-0.15, -0.1) is 0 Å². The molecule has 12 nitrogen and oxygen atoms in total. The van der Waals surface area contributed by atoms with Gasteiger partial charge in [-0.2, -0.15) is 4.31 Å². The number of morpholine rings is 1. The third kappa shape index (κ3) is 7.41. The molecular weight excluding hydrogens is 655 g/mol. The molecule has 0 aliphatic carbocycles. The van der Waals surface area contributed by atoms with E-state index in [0.717, 1.165) is 38.5 Å². The minimum Gasteiger partial charge on any atom is -0.495 e. The number of carbonyl (C=O) groups is 1. The van der Waals surface area contributed by atoms with Crippen LogP contribution in [-0.4, -0.2) is 86.6 Å². The Balaban J connectivity index is 1.36. The van der Waals surface area contributed by atoms with Crippen LogP contribution in [0.3, 0.4) is 0 Å². The molecule has 3 aliphatic heterocycles. The van der Waals surface area contributed by atoms with E-state index in [1.54, 1.807) is 48.5 Å². The van der Waals surface area contributed by atoms with Crippen molar-refractivity contribution in [2.45, 2.75) is 48.3 Å². The van der Waals surface area contributed by atoms with E-state index in [4.69, 9.17) is 9.47 Å². The molecule has 258 valence electrons. The average Bonchev–Trinajstić information content (AvgIpc) is 3.12. The molecule has 48 heavy (non-hydrogen) atoms. The average molecular weight is 698 g/mol. The molecule has 3 fully saturated rings. The van der Waals surface area contributed by atoms with Crippen LogP contribution in [0.5, 0.6) is 5.75 Å². The van der Waals surface area contributed by atoms with Gasteiger partial charge in [0.2, 0.25) is 10.0 Å². The molecular formula is C34H43N5O7S2. The molecule has 0 aromatic heterocycles. The van der Waals surface area contributed by atoms with Crippen LogP contribution in [0.4, 0.5) is 22.7 Å². The van der Waals surface area contributed by atoms with Gasteiger partial charge in [0.05, 0.1) is 42.2 Å². The summed E-state index contributed by atoms with van der Waals surface area (Å²) in [6.07, 6.45) is 5.53. The fourth-order valence-electron chi connectivity index (χ4n) is 6.52. The standard InChI is InChI=1S/C34H43N5O7S2/c1-45-32-11-5-4-10-29(32)36-47(41,42)33-24-26(12-14-31(33)37-16-6-2-7-17-37)35-34(40)28-25-27(48(43,44)39-18-8-3-9-19-39)13-15-30(28)38-20-22-46-23-21-38/h4-5,10-15,24-25,36H,2-3,6-9,16-23H2,1H3,(H,35,40). The Labute approximate surface area is 283 Å². The fraction of sp³-hybridized carbons (Fsp3) is 0.441. The van der Waals surface area contributed by atoms with Crippen LogP contribution < -0.4 is 24.6 Å². The summed E-state index contributed by atoms with van der Waals surface area (Å²) >= 11 is 0. The Kier molecular flexibility index (Phi) is 10.4. The summed E-state index contributed by atoms with van der Waals surface area (Å²) in [5.41, 5.74) is 1.87. The lowest BCUT2D eigenvalue weighted by Crippen LogP contribution is -2.38. The predicted molar refractivity (Wildman–Crippen MR) is 186 cm³/mol. The van der Waals surface area contributed by atoms with E-state index in [0.29, 0.717) is 75.3 Å². The summed E-state index contributed by atoms with van der Waals surface area (Å²) in [4.78, 5) is 18.2. The highest BCUT2D eigenvalue weighted by atomic mass is 32.2. The minimum atomic E-state index is -4.14. The zero-order valence-electron chi connectivity index (χ0n) is 27.2. The molecule has 3 saturated heterocycles.